The van der Waals surface area contributed by atoms with Gasteiger partial charge in [-0.2, -0.15) is 5.26 Å². The van der Waals surface area contributed by atoms with Crippen molar-refractivity contribution in [1.29, 1.82) is 5.26 Å². The van der Waals surface area contributed by atoms with E-state index in [4.69, 9.17) is 5.26 Å². The van der Waals surface area contributed by atoms with Crippen LogP contribution in [0, 0.1) is 11.5 Å². The molecule has 0 aliphatic carbocycles. The fraction of sp³-hybridized carbons (Fsp3) is 0.857. The number of nitriles is 1. The van der Waals surface area contributed by atoms with Gasteiger partial charge in [0.2, 0.25) is 0 Å². The lowest BCUT2D eigenvalue weighted by atomic mass is 10.1. The van der Waals surface area contributed by atoms with Crippen molar-refractivity contribution in [2.24, 2.45) is 0 Å². The summed E-state index contributed by atoms with van der Waals surface area (Å²) in [6, 6.07) is 0.711. The summed E-state index contributed by atoms with van der Waals surface area (Å²) in [5, 5.41) is 11.9. The number of nitrogens with zero attached hydrogens (tertiary/aromatic N) is 2. The highest BCUT2D eigenvalue weighted by molar-refractivity contribution is 4.90. The summed E-state index contributed by atoms with van der Waals surface area (Å²) in [6.45, 7) is 5.98. The molecule has 56 valence electrons. The molecular weight excluding hydrogens is 126 g/mol. The Morgan fingerprint density at radius 2 is 1.90 bits per heavy atom. The molecule has 1 aliphatic heterocycles. The first kappa shape index (κ1) is 7.36. The van der Waals surface area contributed by atoms with Crippen molar-refractivity contribution >= 4 is 0 Å². The predicted molar refractivity (Wildman–Crippen MR) is 39.2 cm³/mol. The van der Waals surface area contributed by atoms with Gasteiger partial charge >= 0.3 is 0 Å². The molecule has 1 saturated heterocycles. The molecule has 0 bridgehead atoms. The Labute approximate surface area is 61.6 Å². The molecule has 0 saturated carbocycles. The SMILES string of the molecule is CC1CNCC(C)N1C#N. The predicted octanol–water partition coefficient (Wildman–Crippen LogP) is 0.150. The summed E-state index contributed by atoms with van der Waals surface area (Å²) in [7, 11) is 0. The quantitative estimate of drug-likeness (QED) is 0.485. The molecule has 2 unspecified atom stereocenters. The first-order valence-corrected chi connectivity index (χ1v) is 3.64. The van der Waals surface area contributed by atoms with E-state index in [9.17, 15) is 0 Å². The highest BCUT2D eigenvalue weighted by Gasteiger charge is 2.22. The number of rotatable bonds is 0. The maximum absolute atomic E-state index is 8.68. The zero-order chi connectivity index (χ0) is 7.56. The largest absolute Gasteiger partial charge is 0.313 e. The lowest BCUT2D eigenvalue weighted by Gasteiger charge is -2.34. The van der Waals surface area contributed by atoms with E-state index in [0.29, 0.717) is 12.1 Å². The molecule has 1 heterocycles. The molecule has 3 nitrogen and oxygen atoms in total. The molecule has 0 radical (unpaired) electrons. The van der Waals surface area contributed by atoms with Crippen molar-refractivity contribution in [2.75, 3.05) is 13.1 Å². The van der Waals surface area contributed by atoms with Crippen molar-refractivity contribution in [3.8, 4) is 6.19 Å². The van der Waals surface area contributed by atoms with E-state index in [1.54, 1.807) is 0 Å². The molecule has 2 atom stereocenters. The Morgan fingerprint density at radius 1 is 1.40 bits per heavy atom. The van der Waals surface area contributed by atoms with Crippen LogP contribution in [0.2, 0.25) is 0 Å². The highest BCUT2D eigenvalue weighted by atomic mass is 15.2. The third-order valence-corrected chi connectivity index (χ3v) is 1.94. The number of hydrogen-bond donors (Lipinski definition) is 1. The van der Waals surface area contributed by atoms with Crippen LogP contribution in [-0.2, 0) is 0 Å². The van der Waals surface area contributed by atoms with E-state index in [-0.39, 0.29) is 0 Å². The number of nitrogens with one attached hydrogen (secondary N) is 1. The molecule has 10 heavy (non-hydrogen) atoms. The highest BCUT2D eigenvalue weighted by Crippen LogP contribution is 2.06. The van der Waals surface area contributed by atoms with Gasteiger partial charge in [0.1, 0.15) is 0 Å². The lowest BCUT2D eigenvalue weighted by Crippen LogP contribution is -2.52. The second-order valence-corrected chi connectivity index (χ2v) is 2.86. The van der Waals surface area contributed by atoms with Gasteiger partial charge in [-0.3, -0.25) is 0 Å². The van der Waals surface area contributed by atoms with E-state index in [1.807, 2.05) is 4.90 Å². The minimum atomic E-state index is 0.355. The van der Waals surface area contributed by atoms with Gasteiger partial charge in [0.05, 0.1) is 0 Å². The van der Waals surface area contributed by atoms with Crippen molar-refractivity contribution in [2.45, 2.75) is 25.9 Å². The zero-order valence-electron chi connectivity index (χ0n) is 6.46. The molecule has 1 aliphatic rings. The zero-order valence-corrected chi connectivity index (χ0v) is 6.46. The van der Waals surface area contributed by atoms with Crippen LogP contribution in [0.5, 0.6) is 0 Å². The van der Waals surface area contributed by atoms with Gasteiger partial charge in [-0.25, -0.2) is 0 Å². The Bertz CT molecular complexity index is 139. The van der Waals surface area contributed by atoms with Gasteiger partial charge in [0.15, 0.2) is 6.19 Å². The van der Waals surface area contributed by atoms with E-state index in [0.717, 1.165) is 13.1 Å². The van der Waals surface area contributed by atoms with Crippen LogP contribution < -0.4 is 5.32 Å². The van der Waals surface area contributed by atoms with Crippen molar-refractivity contribution in [3.05, 3.63) is 0 Å². The Morgan fingerprint density at radius 3 is 2.20 bits per heavy atom. The van der Waals surface area contributed by atoms with E-state index in [2.05, 4.69) is 25.4 Å². The van der Waals surface area contributed by atoms with Crippen LogP contribution in [0.3, 0.4) is 0 Å². The van der Waals surface area contributed by atoms with Gasteiger partial charge in [-0.15, -0.1) is 0 Å². The molecule has 3 heteroatoms. The fourth-order valence-electron chi connectivity index (χ4n) is 1.33. The minimum Gasteiger partial charge on any atom is -0.313 e. The smallest absolute Gasteiger partial charge is 0.179 e. The average molecular weight is 139 g/mol. The standard InChI is InChI=1S/C7H13N3/c1-6-3-9-4-7(2)10(6)5-8/h6-7,9H,3-4H2,1-2H3. The van der Waals surface area contributed by atoms with Crippen molar-refractivity contribution in [3.63, 3.8) is 0 Å². The molecule has 1 N–H and O–H groups in total. The van der Waals surface area contributed by atoms with Crippen LogP contribution in [0.1, 0.15) is 13.8 Å². The maximum atomic E-state index is 8.68. The lowest BCUT2D eigenvalue weighted by molar-refractivity contribution is 0.190. The Kier molecular flexibility index (Phi) is 2.13. The Hall–Kier alpha value is -0.750. The van der Waals surface area contributed by atoms with Gasteiger partial charge < -0.3 is 10.2 Å². The molecule has 0 spiro atoms. The molecule has 0 amide bonds. The van der Waals surface area contributed by atoms with Crippen LogP contribution in [0.4, 0.5) is 0 Å². The molecule has 0 aromatic rings. The summed E-state index contributed by atoms with van der Waals surface area (Å²) in [4.78, 5) is 1.84. The molecule has 1 rings (SSSR count). The number of hydrogen-bond acceptors (Lipinski definition) is 3. The topological polar surface area (TPSA) is 39.1 Å². The van der Waals surface area contributed by atoms with E-state index >= 15 is 0 Å². The van der Waals surface area contributed by atoms with Crippen LogP contribution in [0.15, 0.2) is 0 Å². The summed E-state index contributed by atoms with van der Waals surface area (Å²) < 4.78 is 0. The van der Waals surface area contributed by atoms with Gasteiger partial charge in [-0.1, -0.05) is 0 Å². The summed E-state index contributed by atoms with van der Waals surface area (Å²) in [6.07, 6.45) is 2.20. The fourth-order valence-corrected chi connectivity index (χ4v) is 1.33. The molecule has 1 fully saturated rings. The summed E-state index contributed by atoms with van der Waals surface area (Å²) in [5.74, 6) is 0. The van der Waals surface area contributed by atoms with Crippen LogP contribution >= 0.6 is 0 Å². The average Bonchev–Trinajstić information content (AvgIpc) is 1.88. The van der Waals surface area contributed by atoms with Crippen molar-refractivity contribution < 1.29 is 0 Å². The summed E-state index contributed by atoms with van der Waals surface area (Å²) in [5.41, 5.74) is 0. The van der Waals surface area contributed by atoms with Crippen molar-refractivity contribution in [1.82, 2.24) is 10.2 Å². The van der Waals surface area contributed by atoms with E-state index in [1.165, 1.54) is 0 Å². The second kappa shape index (κ2) is 2.89. The molecular formula is C7H13N3. The minimum absolute atomic E-state index is 0.355. The van der Waals surface area contributed by atoms with Crippen LogP contribution in [0.25, 0.3) is 0 Å². The third-order valence-electron chi connectivity index (χ3n) is 1.94. The second-order valence-electron chi connectivity index (χ2n) is 2.86. The summed E-state index contributed by atoms with van der Waals surface area (Å²) >= 11 is 0. The van der Waals surface area contributed by atoms with E-state index < -0.39 is 0 Å². The van der Waals surface area contributed by atoms with Crippen LogP contribution in [-0.4, -0.2) is 30.1 Å². The maximum Gasteiger partial charge on any atom is 0.179 e. The first-order chi connectivity index (χ1) is 4.75. The Balaban J connectivity index is 2.56. The first-order valence-electron chi connectivity index (χ1n) is 3.64. The normalized spacial score (nSPS) is 33.5. The van der Waals surface area contributed by atoms with Gasteiger partial charge in [0.25, 0.3) is 0 Å². The molecule has 0 aromatic heterocycles. The monoisotopic (exact) mass is 139 g/mol. The molecule has 0 aromatic carbocycles. The third kappa shape index (κ3) is 1.22. The van der Waals surface area contributed by atoms with Gasteiger partial charge in [-0.05, 0) is 13.8 Å². The van der Waals surface area contributed by atoms with Gasteiger partial charge in [0, 0.05) is 25.2 Å². The number of piperazine rings is 1.